The minimum Gasteiger partial charge on any atom is -0.474 e. The number of esters is 1. The van der Waals surface area contributed by atoms with Crippen LogP contribution < -0.4 is 10.2 Å². The lowest BCUT2D eigenvalue weighted by Gasteiger charge is -2.11. The molecule has 6 heteroatoms. The number of carbonyl (C=O) groups excluding carboxylic acids is 1. The van der Waals surface area contributed by atoms with Crippen molar-refractivity contribution in [2.45, 2.75) is 6.92 Å². The largest absolute Gasteiger partial charge is 0.474 e. The van der Waals surface area contributed by atoms with Gasteiger partial charge in [-0.05, 0) is 19.1 Å². The van der Waals surface area contributed by atoms with Gasteiger partial charge < -0.3 is 18.6 Å². The molecular formula is C21H20O6. The summed E-state index contributed by atoms with van der Waals surface area (Å²) in [4.78, 5) is 24.7. The molecule has 0 radical (unpaired) electrons. The molecule has 0 aliphatic carbocycles. The molecule has 27 heavy (non-hydrogen) atoms. The summed E-state index contributed by atoms with van der Waals surface area (Å²) in [5.74, 6) is -0.320. The molecular weight excluding hydrogens is 348 g/mol. The predicted molar refractivity (Wildman–Crippen MR) is 101 cm³/mol. The summed E-state index contributed by atoms with van der Waals surface area (Å²) in [6.45, 7) is 1.98. The van der Waals surface area contributed by atoms with E-state index in [1.54, 1.807) is 24.3 Å². The monoisotopic (exact) mass is 368 g/mol. The highest BCUT2D eigenvalue weighted by atomic mass is 16.6. The van der Waals surface area contributed by atoms with Crippen LogP contribution in [0.1, 0.15) is 5.56 Å². The first-order valence-corrected chi connectivity index (χ1v) is 8.50. The topological polar surface area (TPSA) is 75.0 Å². The van der Waals surface area contributed by atoms with Gasteiger partial charge in [-0.15, -0.1) is 0 Å². The Labute approximate surface area is 156 Å². The molecule has 0 amide bonds. The van der Waals surface area contributed by atoms with Gasteiger partial charge in [0.2, 0.25) is 11.2 Å². The van der Waals surface area contributed by atoms with Gasteiger partial charge >= 0.3 is 5.97 Å². The van der Waals surface area contributed by atoms with Crippen LogP contribution in [0.4, 0.5) is 0 Å². The van der Waals surface area contributed by atoms with Crippen LogP contribution in [0, 0.1) is 6.92 Å². The molecule has 2 aromatic carbocycles. The lowest BCUT2D eigenvalue weighted by atomic mass is 10.1. The first kappa shape index (κ1) is 18.7. The lowest BCUT2D eigenvalue weighted by molar-refractivity contribution is -0.147. The van der Waals surface area contributed by atoms with Gasteiger partial charge in [-0.1, -0.05) is 42.0 Å². The highest BCUT2D eigenvalue weighted by Crippen LogP contribution is 2.31. The van der Waals surface area contributed by atoms with E-state index in [9.17, 15) is 9.59 Å². The number of aryl methyl sites for hydroxylation is 1. The summed E-state index contributed by atoms with van der Waals surface area (Å²) < 4.78 is 21.3. The maximum atomic E-state index is 12.9. The average Bonchev–Trinajstić information content (AvgIpc) is 2.68. The molecule has 1 aromatic heterocycles. The first-order chi connectivity index (χ1) is 13.1. The van der Waals surface area contributed by atoms with E-state index in [2.05, 4.69) is 0 Å². The summed E-state index contributed by atoms with van der Waals surface area (Å²) in [6, 6.07) is 14.4. The molecule has 1 heterocycles. The predicted octanol–water partition coefficient (Wildman–Crippen LogP) is 3.34. The molecule has 0 saturated carbocycles. The standard InChI is InChI=1S/C21H20O6/c1-14-7-9-15(10-8-14)20-21(26-13-18(22)25-12-11-24-2)19(23)16-5-3-4-6-17(16)27-20/h3-10H,11-13H2,1-2H3. The maximum Gasteiger partial charge on any atom is 0.344 e. The van der Waals surface area contributed by atoms with Gasteiger partial charge in [0, 0.05) is 12.7 Å². The number of rotatable bonds is 7. The smallest absolute Gasteiger partial charge is 0.344 e. The molecule has 140 valence electrons. The van der Waals surface area contributed by atoms with E-state index in [4.69, 9.17) is 18.6 Å². The van der Waals surface area contributed by atoms with Crippen LogP contribution in [0.2, 0.25) is 0 Å². The van der Waals surface area contributed by atoms with Gasteiger partial charge in [-0.25, -0.2) is 4.79 Å². The summed E-state index contributed by atoms with van der Waals surface area (Å²) >= 11 is 0. The molecule has 0 unspecified atom stereocenters. The summed E-state index contributed by atoms with van der Waals surface area (Å²) in [7, 11) is 1.51. The highest BCUT2D eigenvalue weighted by molar-refractivity contribution is 5.82. The highest BCUT2D eigenvalue weighted by Gasteiger charge is 2.19. The van der Waals surface area contributed by atoms with E-state index in [0.29, 0.717) is 23.1 Å². The van der Waals surface area contributed by atoms with Crippen molar-refractivity contribution in [3.8, 4) is 17.1 Å². The fourth-order valence-electron chi connectivity index (χ4n) is 2.56. The number of hydrogen-bond donors (Lipinski definition) is 0. The van der Waals surface area contributed by atoms with Crippen LogP contribution in [0.25, 0.3) is 22.3 Å². The van der Waals surface area contributed by atoms with Gasteiger partial charge in [0.05, 0.1) is 12.0 Å². The molecule has 0 spiro atoms. The van der Waals surface area contributed by atoms with Gasteiger partial charge in [0.15, 0.2) is 12.4 Å². The SMILES string of the molecule is COCCOC(=O)COc1c(-c2ccc(C)cc2)oc2ccccc2c1=O. The zero-order valence-electron chi connectivity index (χ0n) is 15.2. The third-order valence-corrected chi connectivity index (χ3v) is 3.95. The van der Waals surface area contributed by atoms with E-state index in [-0.39, 0.29) is 23.5 Å². The van der Waals surface area contributed by atoms with E-state index in [0.717, 1.165) is 5.56 Å². The van der Waals surface area contributed by atoms with Crippen LogP contribution in [0.5, 0.6) is 5.75 Å². The van der Waals surface area contributed by atoms with Gasteiger partial charge in [0.1, 0.15) is 12.2 Å². The van der Waals surface area contributed by atoms with Crippen molar-refractivity contribution >= 4 is 16.9 Å². The maximum absolute atomic E-state index is 12.9. The van der Waals surface area contributed by atoms with Crippen molar-refractivity contribution < 1.29 is 23.4 Å². The molecule has 0 N–H and O–H groups in total. The van der Waals surface area contributed by atoms with E-state index >= 15 is 0 Å². The molecule has 0 fully saturated rings. The Hall–Kier alpha value is -3.12. The summed E-state index contributed by atoms with van der Waals surface area (Å²) in [5.41, 5.74) is 1.88. The second-order valence-electron chi connectivity index (χ2n) is 5.95. The number of fused-ring (bicyclic) bond motifs is 1. The minimum atomic E-state index is -0.588. The Morgan fingerprint density at radius 1 is 1.04 bits per heavy atom. The van der Waals surface area contributed by atoms with Crippen molar-refractivity contribution in [2.24, 2.45) is 0 Å². The Kier molecular flexibility index (Phi) is 5.88. The Bertz CT molecular complexity index is 988. The fourth-order valence-corrected chi connectivity index (χ4v) is 2.56. The zero-order chi connectivity index (χ0) is 19.2. The van der Waals surface area contributed by atoms with Gasteiger partial charge in [-0.2, -0.15) is 0 Å². The quantitative estimate of drug-likeness (QED) is 0.470. The normalized spacial score (nSPS) is 10.7. The molecule has 0 atom stereocenters. The fraction of sp³-hybridized carbons (Fsp3) is 0.238. The van der Waals surface area contributed by atoms with Crippen molar-refractivity contribution in [3.05, 3.63) is 64.3 Å². The van der Waals surface area contributed by atoms with E-state index in [1.165, 1.54) is 7.11 Å². The Morgan fingerprint density at radius 3 is 2.52 bits per heavy atom. The Morgan fingerprint density at radius 2 is 1.78 bits per heavy atom. The average molecular weight is 368 g/mol. The number of ether oxygens (including phenoxy) is 3. The van der Waals surface area contributed by atoms with Gasteiger partial charge in [0.25, 0.3) is 0 Å². The van der Waals surface area contributed by atoms with E-state index < -0.39 is 12.6 Å². The number of methoxy groups -OCH3 is 1. The number of hydrogen-bond acceptors (Lipinski definition) is 6. The van der Waals surface area contributed by atoms with Crippen LogP contribution in [-0.4, -0.2) is 32.9 Å². The van der Waals surface area contributed by atoms with Crippen molar-refractivity contribution in [2.75, 3.05) is 26.9 Å². The second-order valence-corrected chi connectivity index (χ2v) is 5.95. The minimum absolute atomic E-state index is 0.0127. The van der Waals surface area contributed by atoms with Crippen LogP contribution in [-0.2, 0) is 14.3 Å². The van der Waals surface area contributed by atoms with E-state index in [1.807, 2.05) is 31.2 Å². The van der Waals surface area contributed by atoms with Crippen LogP contribution in [0.3, 0.4) is 0 Å². The molecule has 0 bridgehead atoms. The molecule has 6 nitrogen and oxygen atoms in total. The third-order valence-electron chi connectivity index (χ3n) is 3.95. The molecule has 3 aromatic rings. The summed E-state index contributed by atoms with van der Waals surface area (Å²) in [6.07, 6.45) is 0. The molecule has 0 aliphatic rings. The first-order valence-electron chi connectivity index (χ1n) is 8.50. The summed E-state index contributed by atoms with van der Waals surface area (Å²) in [5, 5.41) is 0.385. The third kappa shape index (κ3) is 4.35. The van der Waals surface area contributed by atoms with Crippen molar-refractivity contribution in [3.63, 3.8) is 0 Å². The zero-order valence-corrected chi connectivity index (χ0v) is 15.2. The molecule has 3 rings (SSSR count). The molecule has 0 aliphatic heterocycles. The number of para-hydroxylation sites is 1. The van der Waals surface area contributed by atoms with Crippen LogP contribution >= 0.6 is 0 Å². The molecule has 0 saturated heterocycles. The number of benzene rings is 2. The Balaban J connectivity index is 1.97. The van der Waals surface area contributed by atoms with Crippen molar-refractivity contribution in [1.82, 2.24) is 0 Å². The second kappa shape index (κ2) is 8.51. The number of carbonyl (C=O) groups is 1. The lowest BCUT2D eigenvalue weighted by Crippen LogP contribution is -2.20. The van der Waals surface area contributed by atoms with Crippen molar-refractivity contribution in [1.29, 1.82) is 0 Å². The van der Waals surface area contributed by atoms with Crippen LogP contribution in [0.15, 0.2) is 57.7 Å². The van der Waals surface area contributed by atoms with Gasteiger partial charge in [-0.3, -0.25) is 4.79 Å².